The summed E-state index contributed by atoms with van der Waals surface area (Å²) in [6.45, 7) is 6.85. The standard InChI is InChI=1S/C21H25ClN4O2/c1-12(2)10-18-21-15(16-11-14(22)4-5-17(16)23-21)8-9-26(18)20(27)7-6-19-25-24-13(3)28-19/h4-5,11-12,18,23H,6-10H2,1-3H3. The minimum absolute atomic E-state index is 0.0480. The van der Waals surface area contributed by atoms with Gasteiger partial charge in [-0.2, -0.15) is 0 Å². The quantitative estimate of drug-likeness (QED) is 0.678. The van der Waals surface area contributed by atoms with Gasteiger partial charge in [-0.15, -0.1) is 10.2 Å². The fourth-order valence-corrected chi connectivity index (χ4v) is 4.30. The summed E-state index contributed by atoms with van der Waals surface area (Å²) in [5, 5.41) is 9.74. The van der Waals surface area contributed by atoms with Crippen molar-refractivity contribution in [2.24, 2.45) is 5.92 Å². The number of aromatic nitrogens is 3. The third-order valence-electron chi connectivity index (χ3n) is 5.35. The van der Waals surface area contributed by atoms with Crippen molar-refractivity contribution >= 4 is 28.4 Å². The van der Waals surface area contributed by atoms with E-state index in [-0.39, 0.29) is 11.9 Å². The molecule has 28 heavy (non-hydrogen) atoms. The first kappa shape index (κ1) is 19.0. The highest BCUT2D eigenvalue weighted by Crippen LogP contribution is 2.38. The topological polar surface area (TPSA) is 75.0 Å². The molecule has 0 saturated carbocycles. The first-order valence-corrected chi connectivity index (χ1v) is 10.2. The molecule has 3 heterocycles. The average Bonchev–Trinajstić information content (AvgIpc) is 3.23. The Kier molecular flexibility index (Phi) is 5.15. The van der Waals surface area contributed by atoms with Crippen LogP contribution in [0.5, 0.6) is 0 Å². The highest BCUT2D eigenvalue weighted by Gasteiger charge is 2.33. The van der Waals surface area contributed by atoms with Gasteiger partial charge in [0.2, 0.25) is 17.7 Å². The van der Waals surface area contributed by atoms with E-state index in [9.17, 15) is 4.79 Å². The summed E-state index contributed by atoms with van der Waals surface area (Å²) < 4.78 is 5.41. The molecule has 0 bridgehead atoms. The molecule has 7 heteroatoms. The van der Waals surface area contributed by atoms with Crippen LogP contribution in [0.2, 0.25) is 5.02 Å². The summed E-state index contributed by atoms with van der Waals surface area (Å²) in [4.78, 5) is 18.6. The summed E-state index contributed by atoms with van der Waals surface area (Å²) in [5.74, 6) is 1.65. The van der Waals surface area contributed by atoms with Gasteiger partial charge in [-0.3, -0.25) is 4.79 Å². The van der Waals surface area contributed by atoms with Gasteiger partial charge in [0.15, 0.2) is 0 Å². The number of aromatic amines is 1. The van der Waals surface area contributed by atoms with Crippen LogP contribution in [0.25, 0.3) is 10.9 Å². The number of halogens is 1. The molecule has 0 saturated heterocycles. The maximum Gasteiger partial charge on any atom is 0.223 e. The van der Waals surface area contributed by atoms with Crippen LogP contribution in [-0.2, 0) is 17.6 Å². The number of H-pyrrole nitrogens is 1. The molecule has 1 amide bonds. The van der Waals surface area contributed by atoms with Crippen molar-refractivity contribution in [1.29, 1.82) is 0 Å². The number of benzene rings is 1. The van der Waals surface area contributed by atoms with Gasteiger partial charge in [0.25, 0.3) is 0 Å². The molecule has 0 radical (unpaired) electrons. The van der Waals surface area contributed by atoms with Crippen LogP contribution in [-0.4, -0.2) is 32.5 Å². The second kappa shape index (κ2) is 7.59. The predicted octanol–water partition coefficient (Wildman–Crippen LogP) is 4.62. The SMILES string of the molecule is Cc1nnc(CCC(=O)N2CCc3c([nH]c4ccc(Cl)cc34)C2CC(C)C)o1. The molecule has 6 nitrogen and oxygen atoms in total. The number of aryl methyl sites for hydroxylation is 2. The van der Waals surface area contributed by atoms with Gasteiger partial charge in [-0.05, 0) is 42.5 Å². The Morgan fingerprint density at radius 1 is 1.39 bits per heavy atom. The Morgan fingerprint density at radius 2 is 2.21 bits per heavy atom. The second-order valence-electron chi connectivity index (χ2n) is 7.90. The van der Waals surface area contributed by atoms with Gasteiger partial charge in [-0.1, -0.05) is 25.4 Å². The van der Waals surface area contributed by atoms with E-state index in [1.807, 2.05) is 23.1 Å². The van der Waals surface area contributed by atoms with E-state index in [4.69, 9.17) is 16.0 Å². The van der Waals surface area contributed by atoms with E-state index in [1.54, 1.807) is 6.92 Å². The molecule has 1 aromatic carbocycles. The molecule has 4 rings (SSSR count). The van der Waals surface area contributed by atoms with Crippen LogP contribution in [0.4, 0.5) is 0 Å². The van der Waals surface area contributed by atoms with Crippen LogP contribution < -0.4 is 0 Å². The van der Waals surface area contributed by atoms with Crippen LogP contribution in [0.3, 0.4) is 0 Å². The van der Waals surface area contributed by atoms with Gasteiger partial charge in [0.05, 0.1) is 6.04 Å². The van der Waals surface area contributed by atoms with Gasteiger partial charge >= 0.3 is 0 Å². The molecule has 1 aliphatic heterocycles. The fourth-order valence-electron chi connectivity index (χ4n) is 4.12. The van der Waals surface area contributed by atoms with Crippen molar-refractivity contribution in [3.05, 3.63) is 46.3 Å². The van der Waals surface area contributed by atoms with Crippen LogP contribution in [0.15, 0.2) is 22.6 Å². The van der Waals surface area contributed by atoms with Crippen molar-refractivity contribution < 1.29 is 9.21 Å². The Labute approximate surface area is 169 Å². The first-order valence-electron chi connectivity index (χ1n) is 9.81. The normalized spacial score (nSPS) is 16.8. The average molecular weight is 401 g/mol. The molecule has 0 aliphatic carbocycles. The third kappa shape index (κ3) is 3.65. The lowest BCUT2D eigenvalue weighted by atomic mass is 9.91. The molecular weight excluding hydrogens is 376 g/mol. The monoisotopic (exact) mass is 400 g/mol. The molecule has 0 fully saturated rings. The third-order valence-corrected chi connectivity index (χ3v) is 5.58. The van der Waals surface area contributed by atoms with Gasteiger partial charge in [0.1, 0.15) is 0 Å². The zero-order valence-electron chi connectivity index (χ0n) is 16.5. The molecular formula is C21H25ClN4O2. The summed E-state index contributed by atoms with van der Waals surface area (Å²) in [6.07, 6.45) is 2.59. The Hall–Kier alpha value is -2.34. The van der Waals surface area contributed by atoms with E-state index in [2.05, 4.69) is 29.0 Å². The molecule has 2 aromatic heterocycles. The molecule has 3 aromatic rings. The van der Waals surface area contributed by atoms with Crippen LogP contribution in [0.1, 0.15) is 55.8 Å². The lowest BCUT2D eigenvalue weighted by molar-refractivity contribution is -0.134. The number of rotatable bonds is 5. The van der Waals surface area contributed by atoms with E-state index >= 15 is 0 Å². The number of amides is 1. The van der Waals surface area contributed by atoms with E-state index in [0.29, 0.717) is 37.1 Å². The number of nitrogens with zero attached hydrogens (tertiary/aromatic N) is 3. The maximum atomic E-state index is 13.1. The zero-order valence-corrected chi connectivity index (χ0v) is 17.2. The lowest BCUT2D eigenvalue weighted by Gasteiger charge is -2.37. The molecule has 0 spiro atoms. The minimum atomic E-state index is 0.0480. The number of hydrogen-bond donors (Lipinski definition) is 1. The molecule has 1 N–H and O–H groups in total. The molecule has 148 valence electrons. The predicted molar refractivity (Wildman–Crippen MR) is 108 cm³/mol. The summed E-state index contributed by atoms with van der Waals surface area (Å²) >= 11 is 6.22. The molecule has 1 unspecified atom stereocenters. The summed E-state index contributed by atoms with van der Waals surface area (Å²) in [5.41, 5.74) is 3.53. The van der Waals surface area contributed by atoms with E-state index in [0.717, 1.165) is 29.1 Å². The highest BCUT2D eigenvalue weighted by molar-refractivity contribution is 6.31. The first-order chi connectivity index (χ1) is 13.4. The highest BCUT2D eigenvalue weighted by atomic mass is 35.5. The van der Waals surface area contributed by atoms with Gasteiger partial charge in [-0.25, -0.2) is 0 Å². The van der Waals surface area contributed by atoms with E-state index in [1.165, 1.54) is 10.9 Å². The largest absolute Gasteiger partial charge is 0.426 e. The van der Waals surface area contributed by atoms with Gasteiger partial charge < -0.3 is 14.3 Å². The minimum Gasteiger partial charge on any atom is -0.426 e. The van der Waals surface area contributed by atoms with Crippen molar-refractivity contribution in [3.63, 3.8) is 0 Å². The number of fused-ring (bicyclic) bond motifs is 3. The Morgan fingerprint density at radius 3 is 2.93 bits per heavy atom. The van der Waals surface area contributed by atoms with E-state index < -0.39 is 0 Å². The number of carbonyl (C=O) groups is 1. The van der Waals surface area contributed by atoms with Gasteiger partial charge in [0, 0.05) is 47.9 Å². The van der Waals surface area contributed by atoms with Crippen molar-refractivity contribution in [2.45, 2.75) is 52.5 Å². The number of carbonyl (C=O) groups excluding carboxylic acids is 1. The van der Waals surface area contributed by atoms with Crippen LogP contribution >= 0.6 is 11.6 Å². The zero-order chi connectivity index (χ0) is 19.8. The smallest absolute Gasteiger partial charge is 0.223 e. The van der Waals surface area contributed by atoms with Crippen molar-refractivity contribution in [2.75, 3.05) is 6.54 Å². The molecule has 1 aliphatic rings. The van der Waals surface area contributed by atoms with Crippen molar-refractivity contribution in [1.82, 2.24) is 20.1 Å². The lowest BCUT2D eigenvalue weighted by Crippen LogP contribution is -2.40. The van der Waals surface area contributed by atoms with Crippen LogP contribution in [0, 0.1) is 12.8 Å². The second-order valence-corrected chi connectivity index (χ2v) is 8.34. The summed E-state index contributed by atoms with van der Waals surface area (Å²) in [7, 11) is 0. The number of nitrogens with one attached hydrogen (secondary N) is 1. The molecule has 1 atom stereocenters. The Balaban J connectivity index is 1.61. The number of hydrogen-bond acceptors (Lipinski definition) is 4. The van der Waals surface area contributed by atoms with Crippen molar-refractivity contribution in [3.8, 4) is 0 Å². The summed E-state index contributed by atoms with van der Waals surface area (Å²) in [6, 6.07) is 5.99. The Bertz CT molecular complexity index is 1010. The maximum absolute atomic E-state index is 13.1. The fraction of sp³-hybridized carbons (Fsp3) is 0.476.